The van der Waals surface area contributed by atoms with Crippen molar-refractivity contribution < 1.29 is 4.74 Å². The fourth-order valence-corrected chi connectivity index (χ4v) is 3.09. The van der Waals surface area contributed by atoms with Crippen LogP contribution in [0.25, 0.3) is 28.1 Å². The van der Waals surface area contributed by atoms with Crippen LogP contribution in [0.15, 0.2) is 84.0 Å². The van der Waals surface area contributed by atoms with Gasteiger partial charge >= 0.3 is 0 Å². The highest BCUT2D eigenvalue weighted by Gasteiger charge is 2.15. The lowest BCUT2D eigenvalue weighted by Crippen LogP contribution is -2.20. The first kappa shape index (κ1) is 18.1. The quantitative estimate of drug-likeness (QED) is 0.537. The summed E-state index contributed by atoms with van der Waals surface area (Å²) >= 11 is 0. The summed E-state index contributed by atoms with van der Waals surface area (Å²) in [5.41, 5.74) is 2.97. The third-order valence-electron chi connectivity index (χ3n) is 4.53. The summed E-state index contributed by atoms with van der Waals surface area (Å²) in [7, 11) is 1.59. The van der Waals surface area contributed by atoms with Gasteiger partial charge in [-0.2, -0.15) is 5.26 Å². The van der Waals surface area contributed by atoms with Crippen LogP contribution in [0.1, 0.15) is 5.69 Å². The van der Waals surface area contributed by atoms with Gasteiger partial charge in [0.05, 0.1) is 18.4 Å². The Kier molecular flexibility index (Phi) is 4.87. The van der Waals surface area contributed by atoms with Gasteiger partial charge in [0, 0.05) is 35.4 Å². The first-order valence-electron chi connectivity index (χ1n) is 8.89. The van der Waals surface area contributed by atoms with Crippen molar-refractivity contribution in [3.8, 4) is 39.9 Å². The number of nitrogens with zero attached hydrogens (tertiary/aromatic N) is 4. The minimum absolute atomic E-state index is 0.198. The second-order valence-electron chi connectivity index (χ2n) is 6.24. The predicted molar refractivity (Wildman–Crippen MR) is 110 cm³/mol. The van der Waals surface area contributed by atoms with Gasteiger partial charge in [-0.1, -0.05) is 6.07 Å². The Morgan fingerprint density at radius 1 is 0.966 bits per heavy atom. The lowest BCUT2D eigenvalue weighted by molar-refractivity contribution is 0.414. The van der Waals surface area contributed by atoms with Crippen molar-refractivity contribution in [3.05, 3.63) is 95.3 Å². The van der Waals surface area contributed by atoms with Gasteiger partial charge in [-0.25, -0.2) is 4.98 Å². The molecule has 6 heteroatoms. The fraction of sp³-hybridized carbons (Fsp3) is 0.0435. The molecular weight excluding hydrogens is 364 g/mol. The molecule has 0 aliphatic rings. The van der Waals surface area contributed by atoms with E-state index in [1.165, 1.54) is 6.20 Å². The molecule has 4 rings (SSSR count). The number of ether oxygens (including phenoxy) is 1. The minimum atomic E-state index is -0.251. The Morgan fingerprint density at radius 3 is 2.45 bits per heavy atom. The van der Waals surface area contributed by atoms with Crippen LogP contribution < -0.4 is 10.3 Å². The summed E-state index contributed by atoms with van der Waals surface area (Å²) in [4.78, 5) is 21.9. The second kappa shape index (κ2) is 7.79. The van der Waals surface area contributed by atoms with E-state index >= 15 is 0 Å². The molecular formula is C23H16N4O2. The van der Waals surface area contributed by atoms with Gasteiger partial charge in [-0.3, -0.25) is 14.3 Å². The van der Waals surface area contributed by atoms with Crippen LogP contribution in [0.2, 0.25) is 0 Å². The average molecular weight is 380 g/mol. The number of rotatable bonds is 4. The highest BCUT2D eigenvalue weighted by molar-refractivity contribution is 5.73. The maximum absolute atomic E-state index is 13.4. The minimum Gasteiger partial charge on any atom is -0.497 e. The van der Waals surface area contributed by atoms with E-state index in [0.29, 0.717) is 22.6 Å². The largest absolute Gasteiger partial charge is 0.497 e. The lowest BCUT2D eigenvalue weighted by atomic mass is 10.0. The van der Waals surface area contributed by atoms with Crippen LogP contribution in [-0.4, -0.2) is 21.6 Å². The molecule has 1 aromatic carbocycles. The van der Waals surface area contributed by atoms with Gasteiger partial charge in [0.2, 0.25) is 0 Å². The molecule has 0 N–H and O–H groups in total. The van der Waals surface area contributed by atoms with E-state index in [4.69, 9.17) is 4.74 Å². The van der Waals surface area contributed by atoms with Gasteiger partial charge < -0.3 is 4.74 Å². The maximum Gasteiger partial charge on any atom is 0.263 e. The van der Waals surface area contributed by atoms with Crippen molar-refractivity contribution in [2.24, 2.45) is 0 Å². The van der Waals surface area contributed by atoms with Gasteiger partial charge in [0.1, 0.15) is 17.5 Å². The van der Waals surface area contributed by atoms with E-state index in [2.05, 4.69) is 16.0 Å². The van der Waals surface area contributed by atoms with Crippen LogP contribution in [0.3, 0.4) is 0 Å². The summed E-state index contributed by atoms with van der Waals surface area (Å²) in [6.45, 7) is 0. The van der Waals surface area contributed by atoms with Crippen molar-refractivity contribution >= 4 is 0 Å². The third kappa shape index (κ3) is 3.49. The Morgan fingerprint density at radius 2 is 1.76 bits per heavy atom. The summed E-state index contributed by atoms with van der Waals surface area (Å²) in [6.07, 6.45) is 4.98. The number of hydrogen-bond donors (Lipinski definition) is 0. The molecule has 0 saturated carbocycles. The van der Waals surface area contributed by atoms with E-state index < -0.39 is 0 Å². The zero-order valence-electron chi connectivity index (χ0n) is 15.6. The van der Waals surface area contributed by atoms with Crippen molar-refractivity contribution in [3.63, 3.8) is 0 Å². The van der Waals surface area contributed by atoms with E-state index in [1.54, 1.807) is 66.5 Å². The van der Waals surface area contributed by atoms with Crippen LogP contribution in [-0.2, 0) is 0 Å². The lowest BCUT2D eigenvalue weighted by Gasteiger charge is -2.13. The number of hydrogen-bond acceptors (Lipinski definition) is 5. The molecule has 0 bridgehead atoms. The molecule has 0 radical (unpaired) electrons. The summed E-state index contributed by atoms with van der Waals surface area (Å²) < 4.78 is 6.76. The Labute approximate surface area is 167 Å². The van der Waals surface area contributed by atoms with Crippen molar-refractivity contribution in [2.45, 2.75) is 0 Å². The molecule has 0 spiro atoms. The summed E-state index contributed by atoms with van der Waals surface area (Å²) in [5, 5.41) is 9.45. The predicted octanol–water partition coefficient (Wildman–Crippen LogP) is 3.84. The molecule has 0 saturated heterocycles. The first-order valence-corrected chi connectivity index (χ1v) is 8.89. The Hall–Kier alpha value is -4.24. The maximum atomic E-state index is 13.4. The molecule has 3 aromatic heterocycles. The van der Waals surface area contributed by atoms with E-state index in [9.17, 15) is 10.1 Å². The highest BCUT2D eigenvalue weighted by Crippen LogP contribution is 2.25. The molecule has 0 atom stereocenters. The monoisotopic (exact) mass is 380 g/mol. The van der Waals surface area contributed by atoms with Gasteiger partial charge in [-0.05, 0) is 54.6 Å². The number of benzene rings is 1. The average Bonchev–Trinajstić information content (AvgIpc) is 2.80. The molecule has 0 fully saturated rings. The van der Waals surface area contributed by atoms with Crippen molar-refractivity contribution in [1.29, 1.82) is 5.26 Å². The van der Waals surface area contributed by atoms with Gasteiger partial charge in [0.15, 0.2) is 0 Å². The van der Waals surface area contributed by atoms with E-state index in [1.807, 2.05) is 18.2 Å². The Bertz CT molecular complexity index is 1260. The highest BCUT2D eigenvalue weighted by atomic mass is 16.5. The second-order valence-corrected chi connectivity index (χ2v) is 6.24. The Balaban J connectivity index is 2.00. The molecule has 0 aliphatic heterocycles. The smallest absolute Gasteiger partial charge is 0.263 e. The zero-order valence-corrected chi connectivity index (χ0v) is 15.6. The molecule has 0 unspecified atom stereocenters. The normalized spacial score (nSPS) is 10.3. The molecule has 3 heterocycles. The molecule has 6 nitrogen and oxygen atoms in total. The van der Waals surface area contributed by atoms with E-state index in [-0.39, 0.29) is 11.3 Å². The van der Waals surface area contributed by atoms with Crippen LogP contribution in [0.4, 0.5) is 0 Å². The van der Waals surface area contributed by atoms with Gasteiger partial charge in [-0.15, -0.1) is 0 Å². The fourth-order valence-electron chi connectivity index (χ4n) is 3.09. The molecule has 0 amide bonds. The molecule has 4 aromatic rings. The molecule has 0 aliphatic carbocycles. The number of methoxy groups -OCH3 is 1. The van der Waals surface area contributed by atoms with Crippen molar-refractivity contribution in [1.82, 2.24) is 14.5 Å². The van der Waals surface area contributed by atoms with Gasteiger partial charge in [0.25, 0.3) is 5.56 Å². The van der Waals surface area contributed by atoms with Crippen molar-refractivity contribution in [2.75, 3.05) is 7.11 Å². The SMILES string of the molecule is COc1ccc(-n2cc(-c3ccccn3)cc(-c3cccnc3C#N)c2=O)cc1. The first-order chi connectivity index (χ1) is 14.2. The van der Waals surface area contributed by atoms with Crippen LogP contribution in [0, 0.1) is 11.3 Å². The molecule has 29 heavy (non-hydrogen) atoms. The van der Waals surface area contributed by atoms with E-state index in [0.717, 1.165) is 11.3 Å². The van der Waals surface area contributed by atoms with Crippen LogP contribution in [0.5, 0.6) is 5.75 Å². The topological polar surface area (TPSA) is 80.8 Å². The third-order valence-corrected chi connectivity index (χ3v) is 4.53. The standard InChI is InChI=1S/C23H16N4O2/c1-29-18-9-7-17(8-10-18)27-15-16(21-6-2-3-11-25-21)13-20(23(27)28)19-5-4-12-26-22(19)14-24/h2-13,15H,1H3. The summed E-state index contributed by atoms with van der Waals surface area (Å²) in [6, 6.07) is 20.0. The number of pyridine rings is 3. The zero-order chi connectivity index (χ0) is 20.2. The summed E-state index contributed by atoms with van der Waals surface area (Å²) in [5.74, 6) is 0.696. The number of aromatic nitrogens is 3. The molecule has 140 valence electrons. The number of nitriles is 1. The van der Waals surface area contributed by atoms with Crippen LogP contribution >= 0.6 is 0 Å².